The van der Waals surface area contributed by atoms with Gasteiger partial charge in [-0.25, -0.2) is 0 Å². The predicted octanol–water partition coefficient (Wildman–Crippen LogP) is 2.23. The predicted molar refractivity (Wildman–Crippen MR) is 75.5 cm³/mol. The highest BCUT2D eigenvalue weighted by molar-refractivity contribution is 5.63. The van der Waals surface area contributed by atoms with E-state index in [0.29, 0.717) is 29.6 Å². The first-order chi connectivity index (χ1) is 10.0. The molecule has 0 spiro atoms. The molecule has 1 aliphatic rings. The monoisotopic (exact) mass is 288 g/mol. The number of nitrogens with two attached hydrogens (primary N) is 1. The first-order valence-corrected chi connectivity index (χ1v) is 6.88. The molecule has 2 N–H and O–H groups in total. The van der Waals surface area contributed by atoms with Gasteiger partial charge in [0, 0.05) is 30.2 Å². The molecule has 0 amide bonds. The Morgan fingerprint density at radius 2 is 2.29 bits per heavy atom. The van der Waals surface area contributed by atoms with Gasteiger partial charge in [0.05, 0.1) is 4.92 Å². The van der Waals surface area contributed by atoms with Crippen LogP contribution >= 0.6 is 0 Å². The molecule has 1 aromatic heterocycles. The minimum absolute atomic E-state index is 0.0108. The number of aromatic nitrogens is 2. The number of nitro benzene ring substituents is 1. The molecule has 1 atom stereocenters. The van der Waals surface area contributed by atoms with Gasteiger partial charge in [0.15, 0.2) is 0 Å². The topological polar surface area (TPSA) is 108 Å². The second-order valence-electron chi connectivity index (χ2n) is 5.47. The van der Waals surface area contributed by atoms with Crippen molar-refractivity contribution in [2.24, 2.45) is 11.7 Å². The van der Waals surface area contributed by atoms with Gasteiger partial charge in [-0.15, -0.1) is 0 Å². The molecule has 1 aromatic carbocycles. The van der Waals surface area contributed by atoms with Gasteiger partial charge in [-0.2, -0.15) is 4.98 Å². The van der Waals surface area contributed by atoms with Crippen LogP contribution < -0.4 is 5.73 Å². The van der Waals surface area contributed by atoms with Crippen molar-refractivity contribution in [1.29, 1.82) is 0 Å². The van der Waals surface area contributed by atoms with Gasteiger partial charge in [-0.3, -0.25) is 10.1 Å². The molecule has 0 saturated heterocycles. The minimum Gasteiger partial charge on any atom is -0.339 e. The van der Waals surface area contributed by atoms with Crippen LogP contribution in [0.15, 0.2) is 22.7 Å². The largest absolute Gasteiger partial charge is 0.339 e. The van der Waals surface area contributed by atoms with E-state index in [4.69, 9.17) is 10.3 Å². The lowest BCUT2D eigenvalue weighted by atomic mass is 10.1. The minimum atomic E-state index is -0.438. The Labute approximate surface area is 121 Å². The van der Waals surface area contributed by atoms with E-state index in [1.54, 1.807) is 6.07 Å². The van der Waals surface area contributed by atoms with Crippen LogP contribution in [0.2, 0.25) is 0 Å². The number of aryl methyl sites for hydroxylation is 1. The fourth-order valence-corrected chi connectivity index (χ4v) is 2.30. The van der Waals surface area contributed by atoms with Gasteiger partial charge in [-0.05, 0) is 31.2 Å². The van der Waals surface area contributed by atoms with Crippen LogP contribution in [0.25, 0.3) is 11.4 Å². The Morgan fingerprint density at radius 3 is 2.95 bits per heavy atom. The van der Waals surface area contributed by atoms with E-state index < -0.39 is 4.92 Å². The van der Waals surface area contributed by atoms with Crippen molar-refractivity contribution in [2.45, 2.75) is 32.2 Å². The quantitative estimate of drug-likeness (QED) is 0.667. The zero-order chi connectivity index (χ0) is 15.0. The third-order valence-corrected chi connectivity index (χ3v) is 3.78. The van der Waals surface area contributed by atoms with Gasteiger partial charge < -0.3 is 10.3 Å². The van der Waals surface area contributed by atoms with Gasteiger partial charge in [0.1, 0.15) is 0 Å². The molecular formula is C14H16N4O3. The summed E-state index contributed by atoms with van der Waals surface area (Å²) in [5.41, 5.74) is 7.52. The van der Waals surface area contributed by atoms with E-state index in [0.717, 1.165) is 18.4 Å². The van der Waals surface area contributed by atoms with E-state index in [1.807, 2.05) is 6.92 Å². The summed E-state index contributed by atoms with van der Waals surface area (Å²) in [5.74, 6) is 1.41. The number of nitrogens with zero attached hydrogens (tertiary/aromatic N) is 3. The lowest BCUT2D eigenvalue weighted by molar-refractivity contribution is -0.384. The lowest BCUT2D eigenvalue weighted by Crippen LogP contribution is -2.25. The van der Waals surface area contributed by atoms with Crippen molar-refractivity contribution in [2.75, 3.05) is 0 Å². The molecule has 3 rings (SSSR count). The summed E-state index contributed by atoms with van der Waals surface area (Å²) in [6.45, 7) is 1.85. The van der Waals surface area contributed by atoms with Crippen LogP contribution in [0.1, 0.15) is 24.3 Å². The van der Waals surface area contributed by atoms with Gasteiger partial charge in [0.25, 0.3) is 5.69 Å². The van der Waals surface area contributed by atoms with Crippen molar-refractivity contribution in [1.82, 2.24) is 10.1 Å². The standard InChI is InChI=1S/C14H16N4O3/c1-8-2-5-10(18(19)20)6-11(8)14-16-13(21-17-14)7-12(15)9-3-4-9/h2,5-6,9,12H,3-4,7,15H2,1H3. The zero-order valence-electron chi connectivity index (χ0n) is 11.7. The number of rotatable bonds is 5. The van der Waals surface area contributed by atoms with Crippen molar-refractivity contribution < 1.29 is 9.45 Å². The van der Waals surface area contributed by atoms with Crippen LogP contribution in [0.5, 0.6) is 0 Å². The molecule has 7 nitrogen and oxygen atoms in total. The molecule has 110 valence electrons. The van der Waals surface area contributed by atoms with Crippen LogP contribution in [-0.2, 0) is 6.42 Å². The number of nitro groups is 1. The average Bonchev–Trinajstić information content (AvgIpc) is 3.20. The van der Waals surface area contributed by atoms with Crippen LogP contribution in [0.4, 0.5) is 5.69 Å². The third kappa shape index (κ3) is 2.92. The Bertz CT molecular complexity index is 679. The summed E-state index contributed by atoms with van der Waals surface area (Å²) >= 11 is 0. The molecule has 1 fully saturated rings. The Morgan fingerprint density at radius 1 is 1.52 bits per heavy atom. The fourth-order valence-electron chi connectivity index (χ4n) is 2.30. The van der Waals surface area contributed by atoms with Crippen molar-refractivity contribution in [3.8, 4) is 11.4 Å². The van der Waals surface area contributed by atoms with Gasteiger partial charge in [0.2, 0.25) is 11.7 Å². The summed E-state index contributed by atoms with van der Waals surface area (Å²) < 4.78 is 5.21. The first kappa shape index (κ1) is 13.7. The van der Waals surface area contributed by atoms with Gasteiger partial charge in [-0.1, -0.05) is 11.2 Å². The number of non-ortho nitro benzene ring substituents is 1. The molecule has 0 radical (unpaired) electrons. The van der Waals surface area contributed by atoms with Crippen molar-refractivity contribution in [3.05, 3.63) is 39.8 Å². The van der Waals surface area contributed by atoms with E-state index in [9.17, 15) is 10.1 Å². The van der Waals surface area contributed by atoms with Crippen molar-refractivity contribution >= 4 is 5.69 Å². The lowest BCUT2D eigenvalue weighted by Gasteiger charge is -2.04. The maximum absolute atomic E-state index is 10.9. The first-order valence-electron chi connectivity index (χ1n) is 6.88. The maximum atomic E-state index is 10.9. The van der Waals surface area contributed by atoms with E-state index >= 15 is 0 Å². The Kier molecular flexibility index (Phi) is 3.42. The normalized spacial score (nSPS) is 15.9. The summed E-state index contributed by atoms with van der Waals surface area (Å²) in [6.07, 6.45) is 2.87. The average molecular weight is 288 g/mol. The fraction of sp³-hybridized carbons (Fsp3) is 0.429. The highest BCUT2D eigenvalue weighted by Crippen LogP contribution is 2.33. The summed E-state index contributed by atoms with van der Waals surface area (Å²) in [6, 6.07) is 4.65. The molecule has 21 heavy (non-hydrogen) atoms. The van der Waals surface area contributed by atoms with E-state index in [2.05, 4.69) is 10.1 Å². The third-order valence-electron chi connectivity index (χ3n) is 3.78. The summed E-state index contributed by atoms with van der Waals surface area (Å²) in [4.78, 5) is 14.7. The van der Waals surface area contributed by atoms with Crippen LogP contribution in [0.3, 0.4) is 0 Å². The molecule has 7 heteroatoms. The van der Waals surface area contributed by atoms with Gasteiger partial charge >= 0.3 is 0 Å². The molecule has 1 unspecified atom stereocenters. The highest BCUT2D eigenvalue weighted by Gasteiger charge is 2.30. The zero-order valence-corrected chi connectivity index (χ0v) is 11.7. The van der Waals surface area contributed by atoms with Crippen LogP contribution in [-0.4, -0.2) is 21.1 Å². The molecular weight excluding hydrogens is 272 g/mol. The van der Waals surface area contributed by atoms with E-state index in [1.165, 1.54) is 12.1 Å². The molecule has 1 aliphatic carbocycles. The number of hydrogen-bond donors (Lipinski definition) is 1. The molecule has 1 heterocycles. The SMILES string of the molecule is Cc1ccc([N+](=O)[O-])cc1-c1noc(CC(N)C2CC2)n1. The maximum Gasteiger partial charge on any atom is 0.270 e. The Hall–Kier alpha value is -2.28. The highest BCUT2D eigenvalue weighted by atomic mass is 16.6. The summed E-state index contributed by atoms with van der Waals surface area (Å²) in [7, 11) is 0. The molecule has 0 bridgehead atoms. The molecule has 1 saturated carbocycles. The Balaban J connectivity index is 1.85. The number of benzene rings is 1. The smallest absolute Gasteiger partial charge is 0.270 e. The molecule has 0 aliphatic heterocycles. The van der Waals surface area contributed by atoms with Crippen molar-refractivity contribution in [3.63, 3.8) is 0 Å². The van der Waals surface area contributed by atoms with Crippen LogP contribution in [0, 0.1) is 23.0 Å². The second-order valence-corrected chi connectivity index (χ2v) is 5.47. The van der Waals surface area contributed by atoms with E-state index in [-0.39, 0.29) is 11.7 Å². The second kappa shape index (κ2) is 5.25. The molecule has 2 aromatic rings. The summed E-state index contributed by atoms with van der Waals surface area (Å²) in [5, 5.41) is 14.8. The number of hydrogen-bond acceptors (Lipinski definition) is 6.